The average Bonchev–Trinajstić information content (AvgIpc) is 2.58. The van der Waals surface area contributed by atoms with Gasteiger partial charge in [-0.05, 0) is 18.5 Å². The van der Waals surface area contributed by atoms with Gasteiger partial charge in [-0.15, -0.1) is 0 Å². The zero-order chi connectivity index (χ0) is 12.6. The number of anilines is 1. The van der Waals surface area contributed by atoms with E-state index in [0.717, 1.165) is 0 Å². The fourth-order valence-corrected chi connectivity index (χ4v) is 1.45. The predicted octanol–water partition coefficient (Wildman–Crippen LogP) is 1.74. The van der Waals surface area contributed by atoms with E-state index in [1.165, 1.54) is 4.68 Å². The maximum atomic E-state index is 5.92. The van der Waals surface area contributed by atoms with Gasteiger partial charge in [0.2, 0.25) is 11.2 Å². The van der Waals surface area contributed by atoms with E-state index in [-0.39, 0.29) is 5.28 Å². The predicted molar refractivity (Wildman–Crippen MR) is 66.0 cm³/mol. The van der Waals surface area contributed by atoms with E-state index in [9.17, 15) is 0 Å². The Morgan fingerprint density at radius 1 is 1.18 bits per heavy atom. The van der Waals surface area contributed by atoms with Gasteiger partial charge in [-0.3, -0.25) is 0 Å². The third-order valence-electron chi connectivity index (χ3n) is 2.03. The lowest BCUT2D eigenvalue weighted by atomic mass is 10.5. The lowest BCUT2D eigenvalue weighted by Gasteiger charge is -2.10. The number of hydrogen-bond acceptors (Lipinski definition) is 5. The molecule has 2 rings (SSSR count). The molecule has 0 aliphatic rings. The Morgan fingerprint density at radius 3 is 2.41 bits per heavy atom. The summed E-state index contributed by atoms with van der Waals surface area (Å²) in [7, 11) is 3.63. The van der Waals surface area contributed by atoms with Crippen LogP contribution in [0.25, 0.3) is 5.95 Å². The third-order valence-corrected chi connectivity index (χ3v) is 2.57. The normalized spacial score (nSPS) is 10.6. The van der Waals surface area contributed by atoms with Gasteiger partial charge >= 0.3 is 0 Å². The highest BCUT2D eigenvalue weighted by Crippen LogP contribution is 2.16. The number of nitrogens with zero attached hydrogens (tertiary/aromatic N) is 6. The number of rotatable bonds is 2. The molecule has 17 heavy (non-hydrogen) atoms. The maximum absolute atomic E-state index is 5.92. The molecule has 0 aromatic carbocycles. The first-order valence-electron chi connectivity index (χ1n) is 4.78. The summed E-state index contributed by atoms with van der Waals surface area (Å²) in [5.41, 5.74) is 0.703. The van der Waals surface area contributed by atoms with Gasteiger partial charge in [0, 0.05) is 14.1 Å². The Bertz CT molecular complexity index is 531. The second-order valence-electron chi connectivity index (χ2n) is 3.61. The minimum atomic E-state index is 0.114. The van der Waals surface area contributed by atoms with Crippen LogP contribution in [0.2, 0.25) is 10.3 Å². The van der Waals surface area contributed by atoms with Crippen LogP contribution < -0.4 is 4.90 Å². The van der Waals surface area contributed by atoms with Gasteiger partial charge in [-0.1, -0.05) is 11.6 Å². The number of aromatic nitrogens is 5. The van der Waals surface area contributed by atoms with Crippen LogP contribution in [-0.4, -0.2) is 38.8 Å². The second-order valence-corrected chi connectivity index (χ2v) is 4.35. The first kappa shape index (κ1) is 12.1. The number of aryl methyl sites for hydroxylation is 1. The molecule has 0 aliphatic carbocycles. The van der Waals surface area contributed by atoms with E-state index in [1.807, 2.05) is 14.1 Å². The van der Waals surface area contributed by atoms with E-state index in [1.54, 1.807) is 18.0 Å². The van der Waals surface area contributed by atoms with Crippen LogP contribution in [0.3, 0.4) is 0 Å². The summed E-state index contributed by atoms with van der Waals surface area (Å²) in [6.07, 6.45) is 1.63. The third kappa shape index (κ3) is 2.48. The van der Waals surface area contributed by atoms with Crippen molar-refractivity contribution in [2.75, 3.05) is 19.0 Å². The summed E-state index contributed by atoms with van der Waals surface area (Å²) in [5, 5.41) is 4.84. The Hall–Kier alpha value is -1.40. The molecule has 0 spiro atoms. The zero-order valence-corrected chi connectivity index (χ0v) is 11.0. The summed E-state index contributed by atoms with van der Waals surface area (Å²) in [4.78, 5) is 13.9. The van der Waals surface area contributed by atoms with Crippen LogP contribution in [0, 0.1) is 6.92 Å². The van der Waals surface area contributed by atoms with Crippen LogP contribution >= 0.6 is 23.2 Å². The number of halogens is 2. The van der Waals surface area contributed by atoms with E-state index in [0.29, 0.717) is 22.6 Å². The fourth-order valence-electron chi connectivity index (χ4n) is 1.17. The van der Waals surface area contributed by atoms with Crippen molar-refractivity contribution >= 4 is 29.2 Å². The average molecular weight is 273 g/mol. The summed E-state index contributed by atoms with van der Waals surface area (Å²) < 4.78 is 1.47. The Morgan fingerprint density at radius 2 is 1.88 bits per heavy atom. The molecule has 0 bridgehead atoms. The SMILES string of the molecule is Cc1nn(-c2nc(Cl)nc(N(C)C)n2)cc1Cl. The summed E-state index contributed by atoms with van der Waals surface area (Å²) in [5.74, 6) is 0.799. The van der Waals surface area contributed by atoms with Gasteiger partial charge in [-0.2, -0.15) is 20.1 Å². The summed E-state index contributed by atoms with van der Waals surface area (Å²) in [6.45, 7) is 1.80. The second kappa shape index (κ2) is 4.46. The number of hydrogen-bond donors (Lipinski definition) is 0. The zero-order valence-electron chi connectivity index (χ0n) is 9.52. The lowest BCUT2D eigenvalue weighted by Crippen LogP contribution is -2.15. The smallest absolute Gasteiger partial charge is 0.256 e. The first-order chi connectivity index (χ1) is 7.97. The van der Waals surface area contributed by atoms with Crippen LogP contribution in [-0.2, 0) is 0 Å². The van der Waals surface area contributed by atoms with E-state index >= 15 is 0 Å². The molecule has 0 saturated heterocycles. The lowest BCUT2D eigenvalue weighted by molar-refractivity contribution is 0.779. The monoisotopic (exact) mass is 272 g/mol. The van der Waals surface area contributed by atoms with Crippen molar-refractivity contribution in [3.8, 4) is 5.95 Å². The fraction of sp³-hybridized carbons (Fsp3) is 0.333. The van der Waals surface area contributed by atoms with Crippen LogP contribution in [0.4, 0.5) is 5.95 Å². The largest absolute Gasteiger partial charge is 0.347 e. The van der Waals surface area contributed by atoms with Crippen molar-refractivity contribution in [2.24, 2.45) is 0 Å². The van der Waals surface area contributed by atoms with Gasteiger partial charge in [0.25, 0.3) is 5.95 Å². The van der Waals surface area contributed by atoms with Gasteiger partial charge in [0.1, 0.15) is 0 Å². The van der Waals surface area contributed by atoms with Crippen molar-refractivity contribution in [2.45, 2.75) is 6.92 Å². The molecule has 8 heteroatoms. The highest BCUT2D eigenvalue weighted by Gasteiger charge is 2.11. The van der Waals surface area contributed by atoms with Crippen LogP contribution in [0.5, 0.6) is 0 Å². The molecule has 2 aromatic rings. The molecule has 0 radical (unpaired) electrons. The quantitative estimate of drug-likeness (QED) is 0.834. The molecule has 0 unspecified atom stereocenters. The minimum absolute atomic E-state index is 0.114. The molecule has 2 aromatic heterocycles. The van der Waals surface area contributed by atoms with Crippen molar-refractivity contribution in [3.63, 3.8) is 0 Å². The Labute approximate surface area is 108 Å². The van der Waals surface area contributed by atoms with Crippen molar-refractivity contribution in [1.29, 1.82) is 0 Å². The Kier molecular flexibility index (Phi) is 3.17. The topological polar surface area (TPSA) is 59.7 Å². The molecule has 2 heterocycles. The van der Waals surface area contributed by atoms with Gasteiger partial charge in [0.05, 0.1) is 16.9 Å². The molecule has 0 atom stereocenters. The van der Waals surface area contributed by atoms with Crippen molar-refractivity contribution < 1.29 is 0 Å². The molecule has 0 saturated carbocycles. The molecular formula is C9H10Cl2N6. The van der Waals surface area contributed by atoms with Crippen LogP contribution in [0.1, 0.15) is 5.69 Å². The van der Waals surface area contributed by atoms with Crippen molar-refractivity contribution in [3.05, 3.63) is 22.2 Å². The molecule has 0 amide bonds. The minimum Gasteiger partial charge on any atom is -0.347 e. The molecule has 6 nitrogen and oxygen atoms in total. The Balaban J connectivity index is 2.51. The highest BCUT2D eigenvalue weighted by molar-refractivity contribution is 6.31. The van der Waals surface area contributed by atoms with Gasteiger partial charge < -0.3 is 4.90 Å². The highest BCUT2D eigenvalue weighted by atomic mass is 35.5. The molecule has 0 aliphatic heterocycles. The summed E-state index contributed by atoms with van der Waals surface area (Å²) >= 11 is 11.8. The van der Waals surface area contributed by atoms with Crippen LogP contribution in [0.15, 0.2) is 6.20 Å². The van der Waals surface area contributed by atoms with E-state index in [4.69, 9.17) is 23.2 Å². The van der Waals surface area contributed by atoms with E-state index in [2.05, 4.69) is 20.1 Å². The molecule has 0 fully saturated rings. The van der Waals surface area contributed by atoms with Crippen molar-refractivity contribution in [1.82, 2.24) is 24.7 Å². The van der Waals surface area contributed by atoms with Gasteiger partial charge in [0.15, 0.2) is 0 Å². The maximum Gasteiger partial charge on any atom is 0.256 e. The molecule has 0 N–H and O–H groups in total. The summed E-state index contributed by atoms with van der Waals surface area (Å²) in [6, 6.07) is 0. The first-order valence-corrected chi connectivity index (χ1v) is 5.54. The van der Waals surface area contributed by atoms with Gasteiger partial charge in [-0.25, -0.2) is 4.68 Å². The van der Waals surface area contributed by atoms with E-state index < -0.39 is 0 Å². The molecular weight excluding hydrogens is 263 g/mol. The standard InChI is InChI=1S/C9H10Cl2N6/c1-5-6(10)4-17(15-5)9-13-7(11)12-8(14-9)16(2)3/h4H,1-3H3. The molecule has 90 valence electrons.